The van der Waals surface area contributed by atoms with Gasteiger partial charge < -0.3 is 14.5 Å². The molecule has 1 aliphatic rings. The molecule has 0 aliphatic carbocycles. The number of para-hydroxylation sites is 2. The Labute approximate surface area is 356 Å². The van der Waals surface area contributed by atoms with Crippen LogP contribution in [0.5, 0.6) is 11.5 Å². The van der Waals surface area contributed by atoms with Gasteiger partial charge in [0.15, 0.2) is 0 Å². The summed E-state index contributed by atoms with van der Waals surface area (Å²) in [6.45, 7) is 7.33. The Hall–Kier alpha value is -7.63. The van der Waals surface area contributed by atoms with E-state index in [0.717, 1.165) is 45.1 Å². The van der Waals surface area contributed by atoms with E-state index in [0.29, 0.717) is 6.67 Å². The molecule has 0 radical (unpaired) electrons. The Morgan fingerprint density at radius 3 is 1.90 bits per heavy atom. The Kier molecular flexibility index (Phi) is 8.71. The van der Waals surface area contributed by atoms with Crippen molar-refractivity contribution < 1.29 is 4.74 Å². The van der Waals surface area contributed by atoms with Crippen LogP contribution < -0.4 is 14.5 Å². The van der Waals surface area contributed by atoms with Crippen LogP contribution in [0.15, 0.2) is 200 Å². The maximum Gasteiger partial charge on any atom is 0.137 e. The third-order valence-electron chi connectivity index (χ3n) is 12.0. The highest BCUT2D eigenvalue weighted by Crippen LogP contribution is 2.53. The molecule has 8 aromatic carbocycles. The van der Waals surface area contributed by atoms with Crippen molar-refractivity contribution in [2.45, 2.75) is 26.2 Å². The first-order chi connectivity index (χ1) is 29.9. The number of hydrogen-bond acceptors (Lipinski definition) is 4. The quantitative estimate of drug-likeness (QED) is 0.161. The second-order valence-electron chi connectivity index (χ2n) is 16.9. The van der Waals surface area contributed by atoms with E-state index in [4.69, 9.17) is 9.72 Å². The first-order valence-electron chi connectivity index (χ1n) is 21.0. The van der Waals surface area contributed by atoms with Gasteiger partial charge in [0.05, 0.1) is 28.1 Å². The molecule has 5 heteroatoms. The van der Waals surface area contributed by atoms with Gasteiger partial charge in [-0.1, -0.05) is 154 Å². The molecular weight excluding hydrogens is 745 g/mol. The maximum absolute atomic E-state index is 6.80. The number of benzene rings is 8. The Morgan fingerprint density at radius 2 is 1.15 bits per heavy atom. The number of rotatable bonds is 7. The minimum absolute atomic E-state index is 0.00874. The number of ether oxygens (including phenoxy) is 1. The maximum atomic E-state index is 6.80. The average molecular weight is 789 g/mol. The van der Waals surface area contributed by atoms with Crippen molar-refractivity contribution in [1.29, 1.82) is 0 Å². The van der Waals surface area contributed by atoms with Gasteiger partial charge in [-0.3, -0.25) is 4.57 Å². The average Bonchev–Trinajstić information content (AvgIpc) is 3.85. The summed E-state index contributed by atoms with van der Waals surface area (Å²) >= 11 is 0. The minimum atomic E-state index is -0.00874. The fraction of sp³-hybridized carbons (Fsp3) is 0.0893. The molecule has 10 aromatic rings. The molecule has 11 rings (SSSR count). The summed E-state index contributed by atoms with van der Waals surface area (Å²) in [6, 6.07) is 69.2. The molecule has 0 saturated heterocycles. The number of hydrogen-bond donors (Lipinski definition) is 0. The van der Waals surface area contributed by atoms with Gasteiger partial charge in [0, 0.05) is 51.3 Å². The molecule has 61 heavy (non-hydrogen) atoms. The summed E-state index contributed by atoms with van der Waals surface area (Å²) < 4.78 is 9.07. The van der Waals surface area contributed by atoms with Crippen LogP contribution in [-0.4, -0.2) is 16.2 Å². The first-order valence-corrected chi connectivity index (χ1v) is 21.0. The Balaban J connectivity index is 1.02. The molecule has 0 atom stereocenters. The molecule has 294 valence electrons. The lowest BCUT2D eigenvalue weighted by atomic mass is 9.88. The molecule has 0 spiro atoms. The summed E-state index contributed by atoms with van der Waals surface area (Å²) in [4.78, 5) is 9.82. The fourth-order valence-electron chi connectivity index (χ4n) is 9.09. The van der Waals surface area contributed by atoms with Crippen molar-refractivity contribution in [3.63, 3.8) is 0 Å². The van der Waals surface area contributed by atoms with E-state index in [1.54, 1.807) is 0 Å². The lowest BCUT2D eigenvalue weighted by molar-refractivity contribution is 0.483. The van der Waals surface area contributed by atoms with Crippen molar-refractivity contribution >= 4 is 55.3 Å². The van der Waals surface area contributed by atoms with E-state index in [1.807, 2.05) is 12.3 Å². The molecule has 0 amide bonds. The predicted octanol–water partition coefficient (Wildman–Crippen LogP) is 15.0. The lowest BCUT2D eigenvalue weighted by Crippen LogP contribution is -2.25. The summed E-state index contributed by atoms with van der Waals surface area (Å²) in [5.41, 5.74) is 12.7. The summed E-state index contributed by atoms with van der Waals surface area (Å²) in [6.07, 6.45) is 1.92. The number of nitrogens with zero attached hydrogens (tertiary/aromatic N) is 4. The van der Waals surface area contributed by atoms with Crippen LogP contribution in [0.3, 0.4) is 0 Å². The predicted molar refractivity (Wildman–Crippen MR) is 254 cm³/mol. The number of fused-ring (bicyclic) bond motifs is 6. The molecule has 0 fully saturated rings. The van der Waals surface area contributed by atoms with Gasteiger partial charge in [-0.2, -0.15) is 0 Å². The second kappa shape index (κ2) is 14.6. The molecule has 0 bridgehead atoms. The number of anilines is 4. The number of aromatic nitrogens is 2. The highest BCUT2D eigenvalue weighted by molar-refractivity contribution is 6.10. The molecule has 3 heterocycles. The molecular formula is C56H44N4O. The fourth-order valence-corrected chi connectivity index (χ4v) is 9.09. The van der Waals surface area contributed by atoms with E-state index in [-0.39, 0.29) is 5.41 Å². The van der Waals surface area contributed by atoms with Crippen molar-refractivity contribution in [2.24, 2.45) is 0 Å². The van der Waals surface area contributed by atoms with Crippen LogP contribution in [0.2, 0.25) is 0 Å². The van der Waals surface area contributed by atoms with Gasteiger partial charge in [-0.25, -0.2) is 4.98 Å². The molecule has 0 N–H and O–H groups in total. The molecule has 5 nitrogen and oxygen atoms in total. The zero-order valence-corrected chi connectivity index (χ0v) is 34.5. The standard InChI is InChI=1S/C56H44N4O/c1-56(2,3)41-32-33-57-53(34-41)60-50-27-13-12-24-48(50)49-30-29-44(36-52(49)60)61-43-22-14-21-42(35-43)58-37-59(55-47-23-11-10-20-40(47)28-31-51(55)58)54-45(38-16-6-4-7-17-38)25-15-26-46(54)39-18-8-5-9-19-39/h4-36H,37H2,1-3H3. The van der Waals surface area contributed by atoms with E-state index in [1.165, 1.54) is 55.4 Å². The van der Waals surface area contributed by atoms with Gasteiger partial charge >= 0.3 is 0 Å². The summed E-state index contributed by atoms with van der Waals surface area (Å²) in [5, 5.41) is 4.76. The summed E-state index contributed by atoms with van der Waals surface area (Å²) in [7, 11) is 0. The minimum Gasteiger partial charge on any atom is -0.457 e. The zero-order valence-electron chi connectivity index (χ0n) is 34.5. The zero-order chi connectivity index (χ0) is 41.1. The van der Waals surface area contributed by atoms with E-state index in [2.05, 4.69) is 223 Å². The van der Waals surface area contributed by atoms with E-state index >= 15 is 0 Å². The van der Waals surface area contributed by atoms with Crippen LogP contribution in [-0.2, 0) is 5.41 Å². The SMILES string of the molecule is CC(C)(C)c1ccnc(-n2c3ccccc3c3ccc(Oc4cccc(N5CN(c6c(-c7ccccc7)cccc6-c6ccccc6)c6c5ccc5ccccc65)c4)cc32)c1. The Morgan fingerprint density at radius 1 is 0.492 bits per heavy atom. The van der Waals surface area contributed by atoms with Crippen LogP contribution >= 0.6 is 0 Å². The van der Waals surface area contributed by atoms with Crippen LogP contribution in [0, 0.1) is 0 Å². The van der Waals surface area contributed by atoms with Gasteiger partial charge in [-0.15, -0.1) is 0 Å². The monoisotopic (exact) mass is 788 g/mol. The molecule has 0 unspecified atom stereocenters. The molecule has 2 aromatic heterocycles. The van der Waals surface area contributed by atoms with Crippen molar-refractivity contribution in [3.8, 4) is 39.6 Å². The third-order valence-corrected chi connectivity index (χ3v) is 12.0. The van der Waals surface area contributed by atoms with Gasteiger partial charge in [0.2, 0.25) is 0 Å². The van der Waals surface area contributed by atoms with Crippen LogP contribution in [0.25, 0.3) is 60.6 Å². The van der Waals surface area contributed by atoms with Crippen molar-refractivity contribution in [1.82, 2.24) is 9.55 Å². The van der Waals surface area contributed by atoms with E-state index < -0.39 is 0 Å². The third kappa shape index (κ3) is 6.37. The number of pyridine rings is 1. The Bertz CT molecular complexity index is 3200. The van der Waals surface area contributed by atoms with Crippen LogP contribution in [0.4, 0.5) is 22.7 Å². The van der Waals surface area contributed by atoms with Gasteiger partial charge in [0.1, 0.15) is 24.0 Å². The summed E-state index contributed by atoms with van der Waals surface area (Å²) in [5.74, 6) is 2.43. The van der Waals surface area contributed by atoms with Gasteiger partial charge in [0.25, 0.3) is 0 Å². The van der Waals surface area contributed by atoms with Gasteiger partial charge in [-0.05, 0) is 76.0 Å². The lowest BCUT2D eigenvalue weighted by Gasteiger charge is -2.27. The first kappa shape index (κ1) is 36.4. The van der Waals surface area contributed by atoms with Crippen molar-refractivity contribution in [2.75, 3.05) is 16.5 Å². The largest absolute Gasteiger partial charge is 0.457 e. The smallest absolute Gasteiger partial charge is 0.137 e. The highest BCUT2D eigenvalue weighted by Gasteiger charge is 2.33. The topological polar surface area (TPSA) is 33.5 Å². The molecule has 1 aliphatic heterocycles. The highest BCUT2D eigenvalue weighted by atomic mass is 16.5. The molecule has 0 saturated carbocycles. The second-order valence-corrected chi connectivity index (χ2v) is 16.9. The normalized spacial score (nSPS) is 12.7. The van der Waals surface area contributed by atoms with E-state index in [9.17, 15) is 0 Å². The van der Waals surface area contributed by atoms with Crippen molar-refractivity contribution in [3.05, 3.63) is 206 Å². The van der Waals surface area contributed by atoms with Crippen LogP contribution in [0.1, 0.15) is 26.3 Å².